The number of benzene rings is 3. The number of Topliss-reactive ketones (excluding diaryl/α,β-unsaturated/α-hetero) is 1. The second-order valence-corrected chi connectivity index (χ2v) is 12.5. The fraction of sp³-hybridized carbons (Fsp3) is 0.316. The second-order valence-electron chi connectivity index (χ2n) is 12.5. The number of ether oxygens (including phenoxy) is 1. The molecular formula is C38H35NO6. The average molecular weight is 602 g/mol. The van der Waals surface area contributed by atoms with Crippen molar-refractivity contribution in [2.75, 3.05) is 13.7 Å². The molecule has 0 spiro atoms. The fourth-order valence-electron chi connectivity index (χ4n) is 8.67. The predicted molar refractivity (Wildman–Crippen MR) is 168 cm³/mol. The third kappa shape index (κ3) is 4.16. The van der Waals surface area contributed by atoms with Crippen LogP contribution in [0.15, 0.2) is 96.6 Å². The number of phenolic OH excluding ortho intramolecular Hbond substituents is 1. The lowest BCUT2D eigenvalue weighted by Gasteiger charge is -2.55. The third-order valence-corrected chi connectivity index (χ3v) is 10.4. The first-order valence-corrected chi connectivity index (χ1v) is 15.7. The molecule has 4 aliphatic rings. The molecule has 3 aromatic rings. The Bertz CT molecular complexity index is 1780. The van der Waals surface area contributed by atoms with E-state index in [1.807, 2.05) is 73.7 Å². The van der Waals surface area contributed by atoms with Crippen molar-refractivity contribution in [3.05, 3.63) is 113 Å². The minimum Gasteiger partial charge on any atom is -0.508 e. The number of hydrogen-bond acceptors (Lipinski definition) is 6. The van der Waals surface area contributed by atoms with Crippen LogP contribution in [0.5, 0.6) is 11.5 Å². The molecule has 1 aliphatic heterocycles. The Balaban J connectivity index is 1.52. The summed E-state index contributed by atoms with van der Waals surface area (Å²) in [6.45, 7) is 2.30. The van der Waals surface area contributed by atoms with Gasteiger partial charge in [-0.2, -0.15) is 0 Å². The molecule has 3 aromatic carbocycles. The summed E-state index contributed by atoms with van der Waals surface area (Å²) >= 11 is 0. The predicted octanol–water partition coefficient (Wildman–Crippen LogP) is 5.64. The summed E-state index contributed by atoms with van der Waals surface area (Å²) < 4.78 is 5.82. The van der Waals surface area contributed by atoms with Gasteiger partial charge in [0.2, 0.25) is 11.8 Å². The van der Waals surface area contributed by atoms with E-state index in [0.717, 1.165) is 5.57 Å². The summed E-state index contributed by atoms with van der Waals surface area (Å²) in [6.07, 6.45) is 4.83. The minimum atomic E-state index is -1.34. The Morgan fingerprint density at radius 3 is 2.31 bits per heavy atom. The zero-order valence-electron chi connectivity index (χ0n) is 25.3. The van der Waals surface area contributed by atoms with Gasteiger partial charge in [-0.15, -0.1) is 0 Å². The zero-order chi connectivity index (χ0) is 31.5. The highest BCUT2D eigenvalue weighted by atomic mass is 16.5. The van der Waals surface area contributed by atoms with Crippen molar-refractivity contribution >= 4 is 29.0 Å². The molecule has 0 aromatic heterocycles. The molecule has 45 heavy (non-hydrogen) atoms. The van der Waals surface area contributed by atoms with Gasteiger partial charge < -0.3 is 9.84 Å². The molecule has 1 heterocycles. The number of allylic oxidation sites excluding steroid dienone is 4. The number of rotatable bonds is 6. The monoisotopic (exact) mass is 601 g/mol. The van der Waals surface area contributed by atoms with E-state index in [4.69, 9.17) is 4.74 Å². The molecule has 7 nitrogen and oxygen atoms in total. The van der Waals surface area contributed by atoms with Gasteiger partial charge in [0.15, 0.2) is 11.6 Å². The maximum absolute atomic E-state index is 15.0. The van der Waals surface area contributed by atoms with Gasteiger partial charge in [-0.25, -0.2) is 0 Å². The summed E-state index contributed by atoms with van der Waals surface area (Å²) in [5.74, 6) is -3.35. The summed E-state index contributed by atoms with van der Waals surface area (Å²) in [5.41, 5.74) is 1.91. The SMILES string of the molecule is CCCN1C(=O)C2CC=C3C(CC4C(=O)C(c5ccccc5)=CC(=O)C4(c4ccccc4)C3c3ccc(O)cc3OC)C2C1=O. The number of likely N-dealkylation sites (tertiary alicyclic amines) is 1. The van der Waals surface area contributed by atoms with E-state index in [9.17, 15) is 19.5 Å². The van der Waals surface area contributed by atoms with E-state index in [1.165, 1.54) is 24.2 Å². The topological polar surface area (TPSA) is 101 Å². The van der Waals surface area contributed by atoms with Gasteiger partial charge in [-0.05, 0) is 48.4 Å². The molecule has 1 N–H and O–H groups in total. The number of nitrogens with zero attached hydrogens (tertiary/aromatic N) is 1. The summed E-state index contributed by atoms with van der Waals surface area (Å²) in [7, 11) is 1.51. The Kier molecular flexibility index (Phi) is 7.07. The van der Waals surface area contributed by atoms with Crippen LogP contribution in [0.25, 0.3) is 5.57 Å². The molecular weight excluding hydrogens is 566 g/mol. The van der Waals surface area contributed by atoms with Crippen LogP contribution >= 0.6 is 0 Å². The summed E-state index contributed by atoms with van der Waals surface area (Å²) in [4.78, 5) is 58.8. The van der Waals surface area contributed by atoms with Crippen LogP contribution in [0.3, 0.4) is 0 Å². The molecule has 2 amide bonds. The molecule has 3 aliphatic carbocycles. The maximum Gasteiger partial charge on any atom is 0.233 e. The van der Waals surface area contributed by atoms with Crippen molar-refractivity contribution in [2.24, 2.45) is 23.7 Å². The Hall–Kier alpha value is -4.78. The van der Waals surface area contributed by atoms with Gasteiger partial charge in [-0.1, -0.05) is 85.3 Å². The number of ketones is 2. The van der Waals surface area contributed by atoms with Crippen molar-refractivity contribution in [3.63, 3.8) is 0 Å². The maximum atomic E-state index is 15.0. The number of methoxy groups -OCH3 is 1. The smallest absolute Gasteiger partial charge is 0.233 e. The first-order valence-electron chi connectivity index (χ1n) is 15.7. The number of fused-ring (bicyclic) bond motifs is 4. The average Bonchev–Trinajstić information content (AvgIpc) is 3.31. The van der Waals surface area contributed by atoms with Crippen molar-refractivity contribution in [1.82, 2.24) is 4.90 Å². The van der Waals surface area contributed by atoms with E-state index >= 15 is 4.79 Å². The molecule has 1 saturated heterocycles. The lowest BCUT2D eigenvalue weighted by atomic mass is 9.44. The van der Waals surface area contributed by atoms with E-state index in [1.54, 1.807) is 12.1 Å². The van der Waals surface area contributed by atoms with Crippen molar-refractivity contribution in [3.8, 4) is 11.5 Å². The molecule has 6 unspecified atom stereocenters. The molecule has 0 radical (unpaired) electrons. The standard InChI is InChI=1S/C38H35NO6/c1-3-18-39-36(43)27-17-16-25-29(33(27)37(39)44)20-30-35(42)28(22-10-6-4-7-11-22)21-32(41)38(30,23-12-8-5-9-13-23)34(25)26-15-14-24(40)19-31(26)45-2/h4-16,19,21,27,29-30,33-34,40H,3,17-18,20H2,1-2H3. The number of aromatic hydroxyl groups is 1. The van der Waals surface area contributed by atoms with Crippen LogP contribution in [0.1, 0.15) is 48.8 Å². The summed E-state index contributed by atoms with van der Waals surface area (Å²) in [6, 6.07) is 23.5. The molecule has 7 heteroatoms. The number of carbonyl (C=O) groups excluding carboxylic acids is 4. The highest BCUT2D eigenvalue weighted by Crippen LogP contribution is 2.64. The Morgan fingerprint density at radius 1 is 0.911 bits per heavy atom. The zero-order valence-corrected chi connectivity index (χ0v) is 25.3. The first kappa shape index (κ1) is 29.0. The number of carbonyl (C=O) groups is 4. The number of hydrogen-bond donors (Lipinski definition) is 1. The highest BCUT2D eigenvalue weighted by Gasteiger charge is 2.66. The van der Waals surface area contributed by atoms with E-state index < -0.39 is 35.0 Å². The minimum absolute atomic E-state index is 0.00930. The van der Waals surface area contributed by atoms with E-state index in [-0.39, 0.29) is 35.6 Å². The molecule has 228 valence electrons. The van der Waals surface area contributed by atoms with Gasteiger partial charge in [0.05, 0.1) is 24.4 Å². The molecule has 2 fully saturated rings. The van der Waals surface area contributed by atoms with Crippen LogP contribution in [-0.2, 0) is 24.6 Å². The normalized spacial score (nSPS) is 29.0. The number of imide groups is 1. The molecule has 7 rings (SSSR count). The third-order valence-electron chi connectivity index (χ3n) is 10.4. The second kappa shape index (κ2) is 11.0. The van der Waals surface area contributed by atoms with Gasteiger partial charge in [0.1, 0.15) is 11.5 Å². The van der Waals surface area contributed by atoms with Gasteiger partial charge in [0, 0.05) is 35.6 Å². The number of phenols is 1. The van der Waals surface area contributed by atoms with Crippen LogP contribution < -0.4 is 4.74 Å². The molecule has 6 atom stereocenters. The Morgan fingerprint density at radius 2 is 1.62 bits per heavy atom. The van der Waals surface area contributed by atoms with Gasteiger partial charge >= 0.3 is 0 Å². The quantitative estimate of drug-likeness (QED) is 0.290. The lowest BCUT2D eigenvalue weighted by molar-refractivity contribution is -0.140. The number of amides is 2. The fourth-order valence-corrected chi connectivity index (χ4v) is 8.67. The van der Waals surface area contributed by atoms with Gasteiger partial charge in [-0.3, -0.25) is 24.1 Å². The van der Waals surface area contributed by atoms with Crippen molar-refractivity contribution < 1.29 is 29.0 Å². The van der Waals surface area contributed by atoms with Gasteiger partial charge in [0.25, 0.3) is 0 Å². The van der Waals surface area contributed by atoms with Crippen molar-refractivity contribution in [2.45, 2.75) is 37.5 Å². The summed E-state index contributed by atoms with van der Waals surface area (Å²) in [5, 5.41) is 10.4. The van der Waals surface area contributed by atoms with Crippen molar-refractivity contribution in [1.29, 1.82) is 0 Å². The Labute approximate surface area is 262 Å². The highest BCUT2D eigenvalue weighted by molar-refractivity contribution is 6.31. The van der Waals surface area contributed by atoms with Crippen LogP contribution in [-0.4, -0.2) is 47.0 Å². The van der Waals surface area contributed by atoms with Crippen LogP contribution in [0.2, 0.25) is 0 Å². The van der Waals surface area contributed by atoms with E-state index in [0.29, 0.717) is 47.4 Å². The van der Waals surface area contributed by atoms with Crippen LogP contribution in [0, 0.1) is 23.7 Å². The molecule has 0 bridgehead atoms. The van der Waals surface area contributed by atoms with Crippen LogP contribution in [0.4, 0.5) is 0 Å². The lowest BCUT2D eigenvalue weighted by Crippen LogP contribution is -2.58. The molecule has 1 saturated carbocycles. The first-order chi connectivity index (χ1) is 21.8. The van der Waals surface area contributed by atoms with E-state index in [2.05, 4.69) is 0 Å². The largest absolute Gasteiger partial charge is 0.508 e.